The average Bonchev–Trinajstić information content (AvgIpc) is 3.35. The van der Waals surface area contributed by atoms with Crippen molar-refractivity contribution in [2.75, 3.05) is 33.3 Å². The maximum absolute atomic E-state index is 12.9. The Hall–Kier alpha value is -2.67. The van der Waals surface area contributed by atoms with Crippen LogP contribution in [0.15, 0.2) is 72.1 Å². The number of rotatable bonds is 8. The number of hydrogen-bond donors (Lipinski definition) is 1. The smallest absolute Gasteiger partial charge is 0.251 e. The molecule has 0 aliphatic carbocycles. The van der Waals surface area contributed by atoms with Crippen LogP contribution in [0.1, 0.15) is 33.8 Å². The fourth-order valence-electron chi connectivity index (χ4n) is 4.35. The minimum atomic E-state index is -0.0515. The molecule has 1 amide bonds. The minimum Gasteiger partial charge on any atom is -0.497 e. The van der Waals surface area contributed by atoms with Gasteiger partial charge in [0.15, 0.2) is 0 Å². The first-order valence-electron chi connectivity index (χ1n) is 11.1. The standard InChI is InChI=1S/C26H31N3O2S/c1-20(27-26(30)22-10-12-23(31-2)13-11-22)25(24-9-6-18-32-24)29-16-14-28(15-17-29)19-21-7-4-3-5-8-21/h3-13,18,20,25H,14-17,19H2,1-2H3,(H,27,30). The van der Waals surface area contributed by atoms with Gasteiger partial charge in [0, 0.05) is 49.2 Å². The summed E-state index contributed by atoms with van der Waals surface area (Å²) in [6, 6.07) is 22.3. The quantitative estimate of drug-likeness (QED) is 0.552. The van der Waals surface area contributed by atoms with Crippen LogP contribution in [-0.2, 0) is 6.54 Å². The Morgan fingerprint density at radius 1 is 1.00 bits per heavy atom. The highest BCUT2D eigenvalue weighted by atomic mass is 32.1. The Bertz CT molecular complexity index is 968. The fraction of sp³-hybridized carbons (Fsp3) is 0.346. The number of methoxy groups -OCH3 is 1. The third-order valence-electron chi connectivity index (χ3n) is 6.07. The number of benzene rings is 2. The summed E-state index contributed by atoms with van der Waals surface area (Å²) in [5, 5.41) is 5.36. The summed E-state index contributed by atoms with van der Waals surface area (Å²) in [5.74, 6) is 0.698. The molecule has 168 valence electrons. The van der Waals surface area contributed by atoms with Crippen LogP contribution in [0.4, 0.5) is 0 Å². The molecule has 0 radical (unpaired) electrons. The third kappa shape index (κ3) is 5.57. The highest BCUT2D eigenvalue weighted by molar-refractivity contribution is 7.10. The van der Waals surface area contributed by atoms with Gasteiger partial charge in [0.1, 0.15) is 5.75 Å². The van der Waals surface area contributed by atoms with Crippen LogP contribution in [0.5, 0.6) is 5.75 Å². The number of carbonyl (C=O) groups excluding carboxylic acids is 1. The minimum absolute atomic E-state index is 0.0103. The molecule has 0 bridgehead atoms. The predicted octanol–water partition coefficient (Wildman–Crippen LogP) is 4.43. The first-order chi connectivity index (χ1) is 15.6. The summed E-state index contributed by atoms with van der Waals surface area (Å²) in [7, 11) is 1.63. The van der Waals surface area contributed by atoms with Crippen molar-refractivity contribution in [3.05, 3.63) is 88.1 Å². The SMILES string of the molecule is COc1ccc(C(=O)NC(C)C(c2cccs2)N2CCN(Cc3ccccc3)CC2)cc1. The van der Waals surface area contributed by atoms with Gasteiger partial charge in [-0.05, 0) is 48.2 Å². The number of thiophene rings is 1. The topological polar surface area (TPSA) is 44.8 Å². The molecule has 1 N–H and O–H groups in total. The van der Waals surface area contributed by atoms with Crippen molar-refractivity contribution in [2.45, 2.75) is 25.6 Å². The Labute approximate surface area is 194 Å². The molecule has 0 spiro atoms. The van der Waals surface area contributed by atoms with E-state index in [1.807, 2.05) is 24.3 Å². The molecule has 0 saturated carbocycles. The highest BCUT2D eigenvalue weighted by Gasteiger charge is 2.31. The van der Waals surface area contributed by atoms with E-state index in [0.717, 1.165) is 38.5 Å². The molecule has 1 aliphatic heterocycles. The van der Waals surface area contributed by atoms with Crippen LogP contribution >= 0.6 is 11.3 Å². The normalized spacial score (nSPS) is 16.9. The molecule has 2 atom stereocenters. The average molecular weight is 450 g/mol. The summed E-state index contributed by atoms with van der Waals surface area (Å²) in [6.45, 7) is 7.12. The summed E-state index contributed by atoms with van der Waals surface area (Å²) < 4.78 is 5.20. The molecule has 2 unspecified atom stereocenters. The van der Waals surface area contributed by atoms with E-state index in [4.69, 9.17) is 4.74 Å². The lowest BCUT2D eigenvalue weighted by molar-refractivity contribution is 0.0714. The van der Waals surface area contributed by atoms with Gasteiger partial charge < -0.3 is 10.1 Å². The molecule has 2 heterocycles. The van der Waals surface area contributed by atoms with Gasteiger partial charge in [-0.2, -0.15) is 0 Å². The number of nitrogens with one attached hydrogen (secondary N) is 1. The van der Waals surface area contributed by atoms with Gasteiger partial charge in [0.2, 0.25) is 0 Å². The van der Waals surface area contributed by atoms with Crippen molar-refractivity contribution in [3.8, 4) is 5.75 Å². The molecule has 5 nitrogen and oxygen atoms in total. The first-order valence-corrected chi connectivity index (χ1v) is 12.0. The van der Waals surface area contributed by atoms with Crippen LogP contribution in [0.25, 0.3) is 0 Å². The lowest BCUT2D eigenvalue weighted by Gasteiger charge is -2.41. The van der Waals surface area contributed by atoms with Crippen LogP contribution in [0, 0.1) is 0 Å². The van der Waals surface area contributed by atoms with E-state index >= 15 is 0 Å². The van der Waals surface area contributed by atoms with E-state index in [0.29, 0.717) is 5.56 Å². The Balaban J connectivity index is 1.40. The van der Waals surface area contributed by atoms with Gasteiger partial charge in [-0.3, -0.25) is 14.6 Å². The molecule has 2 aromatic carbocycles. The maximum atomic E-state index is 12.9. The van der Waals surface area contributed by atoms with Crippen molar-refractivity contribution in [3.63, 3.8) is 0 Å². The molecule has 6 heteroatoms. The van der Waals surface area contributed by atoms with Crippen molar-refractivity contribution in [1.82, 2.24) is 15.1 Å². The number of piperazine rings is 1. The summed E-state index contributed by atoms with van der Waals surface area (Å²) in [4.78, 5) is 19.2. The number of hydrogen-bond acceptors (Lipinski definition) is 5. The van der Waals surface area contributed by atoms with E-state index in [-0.39, 0.29) is 18.0 Å². The van der Waals surface area contributed by atoms with E-state index in [9.17, 15) is 4.79 Å². The third-order valence-corrected chi connectivity index (χ3v) is 7.01. The summed E-state index contributed by atoms with van der Waals surface area (Å²) in [5.41, 5.74) is 2.01. The zero-order chi connectivity index (χ0) is 22.3. The Morgan fingerprint density at radius 2 is 1.72 bits per heavy atom. The van der Waals surface area contributed by atoms with E-state index in [1.54, 1.807) is 18.4 Å². The molecule has 1 aromatic heterocycles. The summed E-state index contributed by atoms with van der Waals surface area (Å²) >= 11 is 1.76. The van der Waals surface area contributed by atoms with Crippen molar-refractivity contribution in [2.24, 2.45) is 0 Å². The molecular weight excluding hydrogens is 418 g/mol. The Morgan fingerprint density at radius 3 is 2.34 bits per heavy atom. The van der Waals surface area contributed by atoms with Crippen LogP contribution < -0.4 is 10.1 Å². The second-order valence-corrected chi connectivity index (χ2v) is 9.23. The zero-order valence-electron chi connectivity index (χ0n) is 18.7. The molecule has 1 saturated heterocycles. The number of carbonyl (C=O) groups is 1. The molecule has 4 rings (SSSR count). The van der Waals surface area contributed by atoms with Crippen LogP contribution in [0.2, 0.25) is 0 Å². The van der Waals surface area contributed by atoms with Gasteiger partial charge in [0.05, 0.1) is 13.2 Å². The van der Waals surface area contributed by atoms with Crippen LogP contribution in [-0.4, -0.2) is 55.0 Å². The lowest BCUT2D eigenvalue weighted by atomic mass is 10.0. The van der Waals surface area contributed by atoms with E-state index < -0.39 is 0 Å². The largest absolute Gasteiger partial charge is 0.497 e. The number of nitrogens with zero attached hydrogens (tertiary/aromatic N) is 2. The van der Waals surface area contributed by atoms with E-state index in [1.165, 1.54) is 10.4 Å². The highest BCUT2D eigenvalue weighted by Crippen LogP contribution is 2.30. The zero-order valence-corrected chi connectivity index (χ0v) is 19.6. The van der Waals surface area contributed by atoms with Crippen molar-refractivity contribution in [1.29, 1.82) is 0 Å². The number of amides is 1. The number of ether oxygens (including phenoxy) is 1. The fourth-order valence-corrected chi connectivity index (χ4v) is 5.32. The van der Waals surface area contributed by atoms with Gasteiger partial charge in [-0.15, -0.1) is 11.3 Å². The predicted molar refractivity (Wildman–Crippen MR) is 130 cm³/mol. The molecule has 32 heavy (non-hydrogen) atoms. The molecule has 1 fully saturated rings. The van der Waals surface area contributed by atoms with Crippen LogP contribution in [0.3, 0.4) is 0 Å². The summed E-state index contributed by atoms with van der Waals surface area (Å²) in [6.07, 6.45) is 0. The van der Waals surface area contributed by atoms with Gasteiger partial charge >= 0.3 is 0 Å². The van der Waals surface area contributed by atoms with E-state index in [2.05, 4.69) is 69.9 Å². The Kier molecular flexibility index (Phi) is 7.58. The molecular formula is C26H31N3O2S. The van der Waals surface area contributed by atoms with Gasteiger partial charge in [-0.25, -0.2) is 0 Å². The molecule has 3 aromatic rings. The maximum Gasteiger partial charge on any atom is 0.251 e. The van der Waals surface area contributed by atoms with Crippen molar-refractivity contribution < 1.29 is 9.53 Å². The van der Waals surface area contributed by atoms with Gasteiger partial charge in [0.25, 0.3) is 5.91 Å². The second-order valence-electron chi connectivity index (χ2n) is 8.25. The monoisotopic (exact) mass is 449 g/mol. The van der Waals surface area contributed by atoms with Gasteiger partial charge in [-0.1, -0.05) is 36.4 Å². The van der Waals surface area contributed by atoms with Crippen molar-refractivity contribution >= 4 is 17.2 Å². The first kappa shape index (κ1) is 22.5. The molecule has 1 aliphatic rings. The lowest BCUT2D eigenvalue weighted by Crippen LogP contribution is -2.52. The second kappa shape index (κ2) is 10.8.